The van der Waals surface area contributed by atoms with E-state index >= 15 is 0 Å². The van der Waals surface area contributed by atoms with Crippen LogP contribution in [0.5, 0.6) is 0 Å². The molecule has 4 heteroatoms. The molecule has 0 saturated heterocycles. The van der Waals surface area contributed by atoms with Crippen LogP contribution < -0.4 is 5.32 Å². The monoisotopic (exact) mass is 577 g/mol. The van der Waals surface area contributed by atoms with E-state index in [0.29, 0.717) is 0 Å². The van der Waals surface area contributed by atoms with Crippen molar-refractivity contribution in [3.63, 3.8) is 0 Å². The average Bonchev–Trinajstić information content (AvgIpc) is 3.51. The molecule has 2 heterocycles. The predicted molar refractivity (Wildman–Crippen MR) is 186 cm³/mol. The van der Waals surface area contributed by atoms with Gasteiger partial charge in [0, 0.05) is 27.5 Å². The molecule has 0 fully saturated rings. The van der Waals surface area contributed by atoms with Gasteiger partial charge in [0.15, 0.2) is 6.17 Å². The molecule has 4 nitrogen and oxygen atoms in total. The minimum atomic E-state index is -0.423. The lowest BCUT2D eigenvalue weighted by Crippen LogP contribution is -2.36. The predicted octanol–water partition coefficient (Wildman–Crippen LogP) is 10.1. The Morgan fingerprint density at radius 1 is 0.489 bits per heavy atom. The molecule has 45 heavy (non-hydrogen) atoms. The lowest BCUT2D eigenvalue weighted by molar-refractivity contribution is 0.670. The second-order valence-corrected chi connectivity index (χ2v) is 11.4. The summed E-state index contributed by atoms with van der Waals surface area (Å²) in [5.74, 6) is 1.56. The molecule has 1 unspecified atom stereocenters. The van der Waals surface area contributed by atoms with Crippen molar-refractivity contribution in [2.45, 2.75) is 6.17 Å². The van der Waals surface area contributed by atoms with Gasteiger partial charge in [0.2, 0.25) is 0 Å². The summed E-state index contributed by atoms with van der Waals surface area (Å²) in [6.45, 7) is 0. The molecule has 1 aromatic heterocycles. The van der Waals surface area contributed by atoms with E-state index in [4.69, 9.17) is 14.4 Å². The Labute approximate surface area is 260 Å². The lowest BCUT2D eigenvalue weighted by Gasteiger charge is -2.23. The van der Waals surface area contributed by atoms with Crippen LogP contribution in [-0.4, -0.2) is 11.7 Å². The third-order valence-corrected chi connectivity index (χ3v) is 8.72. The maximum absolute atomic E-state index is 6.57. The Kier molecular flexibility index (Phi) is 5.85. The highest BCUT2D eigenvalue weighted by Crippen LogP contribution is 2.38. The third kappa shape index (κ3) is 4.30. The van der Waals surface area contributed by atoms with Gasteiger partial charge >= 0.3 is 0 Å². The van der Waals surface area contributed by atoms with Gasteiger partial charge in [0.25, 0.3) is 0 Å². The Balaban J connectivity index is 1.24. The van der Waals surface area contributed by atoms with Gasteiger partial charge in [-0.15, -0.1) is 0 Å². The van der Waals surface area contributed by atoms with Gasteiger partial charge < -0.3 is 9.73 Å². The molecule has 1 aliphatic rings. The van der Waals surface area contributed by atoms with Crippen molar-refractivity contribution < 1.29 is 4.42 Å². The maximum atomic E-state index is 6.57. The van der Waals surface area contributed by atoms with Crippen molar-refractivity contribution in [3.8, 4) is 11.1 Å². The van der Waals surface area contributed by atoms with Crippen LogP contribution in [0.15, 0.2) is 166 Å². The van der Waals surface area contributed by atoms with E-state index in [2.05, 4.69) is 121 Å². The number of hydrogen-bond donors (Lipinski definition) is 1. The number of nitrogens with one attached hydrogen (secondary N) is 1. The molecular formula is C41H27N3O. The van der Waals surface area contributed by atoms with Gasteiger partial charge in [-0.1, -0.05) is 140 Å². The van der Waals surface area contributed by atoms with Crippen molar-refractivity contribution in [2.75, 3.05) is 0 Å². The Hall–Kier alpha value is -6.00. The summed E-state index contributed by atoms with van der Waals surface area (Å²) in [5.41, 5.74) is 6.93. The number of nitrogens with zero attached hydrogens (tertiary/aromatic N) is 2. The molecule has 0 saturated carbocycles. The summed E-state index contributed by atoms with van der Waals surface area (Å²) >= 11 is 0. The third-order valence-electron chi connectivity index (χ3n) is 8.72. The van der Waals surface area contributed by atoms with Crippen LogP contribution in [-0.2, 0) is 0 Å². The summed E-state index contributed by atoms with van der Waals surface area (Å²) in [6.07, 6.45) is -0.423. The zero-order chi connectivity index (χ0) is 29.7. The number of hydrogen-bond acceptors (Lipinski definition) is 4. The summed E-state index contributed by atoms with van der Waals surface area (Å²) in [5, 5.41) is 10.6. The van der Waals surface area contributed by atoms with E-state index in [1.807, 2.05) is 36.4 Å². The van der Waals surface area contributed by atoms with Crippen LogP contribution >= 0.6 is 0 Å². The van der Waals surface area contributed by atoms with Crippen molar-refractivity contribution in [3.05, 3.63) is 168 Å². The zero-order valence-electron chi connectivity index (χ0n) is 24.3. The molecule has 1 aliphatic heterocycles. The first-order chi connectivity index (χ1) is 22.3. The number of fused-ring (bicyclic) bond motifs is 6. The highest BCUT2D eigenvalue weighted by atomic mass is 16.3. The second-order valence-electron chi connectivity index (χ2n) is 11.4. The smallest absolute Gasteiger partial charge is 0.169 e. The van der Waals surface area contributed by atoms with Gasteiger partial charge in [-0.3, -0.25) is 0 Å². The molecular weight excluding hydrogens is 550 g/mol. The van der Waals surface area contributed by atoms with Gasteiger partial charge in [0.05, 0.1) is 0 Å². The van der Waals surface area contributed by atoms with Crippen LogP contribution in [0.25, 0.3) is 54.6 Å². The molecule has 0 bridgehead atoms. The minimum absolute atomic E-state index is 0.423. The van der Waals surface area contributed by atoms with Gasteiger partial charge in [-0.25, -0.2) is 9.98 Å². The van der Waals surface area contributed by atoms with E-state index in [1.54, 1.807) is 0 Å². The highest BCUT2D eigenvalue weighted by Gasteiger charge is 2.24. The maximum Gasteiger partial charge on any atom is 0.169 e. The highest BCUT2D eigenvalue weighted by molar-refractivity contribution is 6.24. The Morgan fingerprint density at radius 2 is 1.13 bits per heavy atom. The fraction of sp³-hybridized carbons (Fsp3) is 0.0244. The fourth-order valence-electron chi connectivity index (χ4n) is 6.55. The zero-order valence-corrected chi connectivity index (χ0v) is 24.3. The molecule has 1 N–H and O–H groups in total. The molecule has 0 spiro atoms. The molecule has 9 rings (SSSR count). The van der Waals surface area contributed by atoms with Gasteiger partial charge in [-0.05, 0) is 44.8 Å². The van der Waals surface area contributed by atoms with Crippen molar-refractivity contribution in [2.24, 2.45) is 9.98 Å². The van der Waals surface area contributed by atoms with Crippen LogP contribution in [0.4, 0.5) is 0 Å². The summed E-state index contributed by atoms with van der Waals surface area (Å²) in [4.78, 5) is 10.4. The quantitative estimate of drug-likeness (QED) is 0.212. The van der Waals surface area contributed by atoms with E-state index in [1.165, 1.54) is 21.5 Å². The molecule has 0 aliphatic carbocycles. The molecule has 8 aromatic rings. The first kappa shape index (κ1) is 25.5. The second kappa shape index (κ2) is 10.3. The largest absolute Gasteiger partial charge is 0.455 e. The standard InChI is InChI=1S/C41H27N3O/c1-3-11-26(12-4-1)32-17-9-18-33-37-34(19-10-20-36(37)45-38(32)33)41-43-39(29-14-5-2-6-15-29)42-40(44-41)30-24-23-28-22-21-27-13-7-8-16-31(27)35(28)25-30/h1-25,40H,(H,42,43,44). The number of para-hydroxylation sites is 1. The lowest BCUT2D eigenvalue weighted by atomic mass is 9.98. The Morgan fingerprint density at radius 3 is 1.98 bits per heavy atom. The van der Waals surface area contributed by atoms with E-state index in [9.17, 15) is 0 Å². The summed E-state index contributed by atoms with van der Waals surface area (Å²) in [6, 6.07) is 52.7. The first-order valence-corrected chi connectivity index (χ1v) is 15.2. The van der Waals surface area contributed by atoms with Crippen molar-refractivity contribution >= 4 is 55.2 Å². The normalized spacial score (nSPS) is 14.9. The van der Waals surface area contributed by atoms with Crippen molar-refractivity contribution in [1.82, 2.24) is 5.32 Å². The SMILES string of the molecule is c1ccc(C2=NC(c3ccc4ccc5ccccc5c4c3)N=C(c3cccc4oc5c(-c6ccccc6)cccc5c34)N2)cc1. The summed E-state index contributed by atoms with van der Waals surface area (Å²) in [7, 11) is 0. The topological polar surface area (TPSA) is 49.9 Å². The van der Waals surface area contributed by atoms with Gasteiger partial charge in [-0.2, -0.15) is 0 Å². The number of furan rings is 1. The van der Waals surface area contributed by atoms with Crippen LogP contribution in [0.2, 0.25) is 0 Å². The molecule has 1 atom stereocenters. The van der Waals surface area contributed by atoms with E-state index < -0.39 is 6.17 Å². The molecule has 212 valence electrons. The average molecular weight is 578 g/mol. The van der Waals surface area contributed by atoms with E-state index in [-0.39, 0.29) is 0 Å². The van der Waals surface area contributed by atoms with Crippen LogP contribution in [0.3, 0.4) is 0 Å². The Bertz CT molecular complexity index is 2460. The van der Waals surface area contributed by atoms with E-state index in [0.717, 1.165) is 61.4 Å². The minimum Gasteiger partial charge on any atom is -0.455 e. The molecule has 0 amide bonds. The molecule has 7 aromatic carbocycles. The number of aliphatic imine (C=N–C) groups is 2. The summed E-state index contributed by atoms with van der Waals surface area (Å²) < 4.78 is 6.57. The fourth-order valence-corrected chi connectivity index (χ4v) is 6.55. The van der Waals surface area contributed by atoms with Crippen LogP contribution in [0, 0.1) is 0 Å². The first-order valence-electron chi connectivity index (χ1n) is 15.2. The molecule has 0 radical (unpaired) electrons. The van der Waals surface area contributed by atoms with Crippen molar-refractivity contribution in [1.29, 1.82) is 0 Å². The number of amidine groups is 2. The van der Waals surface area contributed by atoms with Gasteiger partial charge in [0.1, 0.15) is 22.8 Å². The number of rotatable bonds is 4. The van der Waals surface area contributed by atoms with Crippen LogP contribution in [0.1, 0.15) is 22.9 Å². The number of benzene rings is 7.